The lowest BCUT2D eigenvalue weighted by atomic mass is 9.87. The van der Waals surface area contributed by atoms with Crippen LogP contribution in [0.1, 0.15) is 53.3 Å². The summed E-state index contributed by atoms with van der Waals surface area (Å²) in [5, 5.41) is 5.86. The van der Waals surface area contributed by atoms with Crippen molar-refractivity contribution < 1.29 is 19.0 Å². The summed E-state index contributed by atoms with van der Waals surface area (Å²) in [5.41, 5.74) is 9.14. The Morgan fingerprint density at radius 3 is 2.55 bits per heavy atom. The van der Waals surface area contributed by atoms with Crippen LogP contribution < -0.4 is 16.4 Å². The number of urea groups is 1. The van der Waals surface area contributed by atoms with Crippen LogP contribution in [0, 0.1) is 0 Å². The molecule has 0 bridgehead atoms. The molecule has 0 radical (unpaired) electrons. The van der Waals surface area contributed by atoms with Crippen LogP contribution in [-0.4, -0.2) is 80.7 Å². The van der Waals surface area contributed by atoms with Crippen LogP contribution in [0.4, 0.5) is 16.3 Å². The molecule has 0 aliphatic carbocycles. The zero-order valence-electron chi connectivity index (χ0n) is 24.0. The molecule has 1 unspecified atom stereocenters. The lowest BCUT2D eigenvalue weighted by Crippen LogP contribution is -2.43. The van der Waals surface area contributed by atoms with Gasteiger partial charge in [-0.1, -0.05) is 39.8 Å². The number of likely N-dealkylation sites (N-methyl/N-ethyl adjacent to an activating group) is 1. The Kier molecular flexibility index (Phi) is 7.71. The van der Waals surface area contributed by atoms with Gasteiger partial charge in [-0.2, -0.15) is 0 Å². The number of aromatic nitrogens is 4. The first-order valence-electron chi connectivity index (χ1n) is 13.8. The first-order chi connectivity index (χ1) is 18.9. The van der Waals surface area contributed by atoms with Gasteiger partial charge in [0.1, 0.15) is 30.2 Å². The van der Waals surface area contributed by atoms with E-state index < -0.39 is 12.0 Å². The maximum atomic E-state index is 12.5. The third-order valence-electron chi connectivity index (χ3n) is 7.39. The summed E-state index contributed by atoms with van der Waals surface area (Å²) in [7, 11) is 0. The van der Waals surface area contributed by atoms with E-state index in [1.165, 1.54) is 11.9 Å². The fourth-order valence-electron chi connectivity index (χ4n) is 5.28. The molecule has 0 spiro atoms. The van der Waals surface area contributed by atoms with E-state index in [0.29, 0.717) is 36.6 Å². The minimum absolute atomic E-state index is 0.0633. The van der Waals surface area contributed by atoms with Crippen molar-refractivity contribution in [3.8, 4) is 0 Å². The van der Waals surface area contributed by atoms with E-state index in [9.17, 15) is 4.79 Å². The quantitative estimate of drug-likeness (QED) is 0.384. The summed E-state index contributed by atoms with van der Waals surface area (Å²) >= 11 is 0. The molecule has 2 aromatic heterocycles. The first kappa shape index (κ1) is 28.2. The van der Waals surface area contributed by atoms with E-state index in [-0.39, 0.29) is 29.8 Å². The molecule has 4 N–H and O–H groups in total. The highest BCUT2D eigenvalue weighted by atomic mass is 16.8. The van der Waals surface area contributed by atoms with Crippen LogP contribution in [-0.2, 0) is 19.6 Å². The van der Waals surface area contributed by atoms with Crippen LogP contribution in [0.3, 0.4) is 0 Å². The molecule has 40 heavy (non-hydrogen) atoms. The lowest BCUT2D eigenvalue weighted by molar-refractivity contribution is -0.197. The van der Waals surface area contributed by atoms with Crippen molar-refractivity contribution in [2.45, 2.75) is 77.3 Å². The number of carbonyl (C=O) groups excluding carboxylic acids is 1. The molecule has 1 aromatic carbocycles. The zero-order chi connectivity index (χ0) is 28.7. The van der Waals surface area contributed by atoms with Gasteiger partial charge in [0.25, 0.3) is 0 Å². The number of imidazole rings is 1. The first-order valence-corrected chi connectivity index (χ1v) is 13.8. The molecule has 3 aromatic rings. The molecule has 2 aliphatic heterocycles. The number of ether oxygens (including phenoxy) is 3. The molecule has 216 valence electrons. The molecular formula is C28H40N8O4. The lowest BCUT2D eigenvalue weighted by Gasteiger charge is -2.28. The van der Waals surface area contributed by atoms with Gasteiger partial charge < -0.3 is 30.6 Å². The molecule has 4 heterocycles. The normalized spacial score (nSPS) is 24.0. The third-order valence-corrected chi connectivity index (χ3v) is 7.39. The number of anilines is 2. The summed E-state index contributed by atoms with van der Waals surface area (Å²) in [6, 6.07) is 7.71. The number of fused-ring (bicyclic) bond motifs is 2. The maximum Gasteiger partial charge on any atom is 0.319 e. The van der Waals surface area contributed by atoms with Gasteiger partial charge in [-0.05, 0) is 43.5 Å². The minimum atomic E-state index is -0.748. The summed E-state index contributed by atoms with van der Waals surface area (Å²) in [6.45, 7) is 14.9. The molecule has 5 rings (SSSR count). The summed E-state index contributed by atoms with van der Waals surface area (Å²) in [4.78, 5) is 27.5. The van der Waals surface area contributed by atoms with E-state index in [1.807, 2.05) is 42.7 Å². The predicted octanol–water partition coefficient (Wildman–Crippen LogP) is 3.27. The van der Waals surface area contributed by atoms with E-state index in [0.717, 1.165) is 12.2 Å². The number of carbonyl (C=O) groups is 1. The van der Waals surface area contributed by atoms with E-state index in [1.54, 1.807) is 6.33 Å². The van der Waals surface area contributed by atoms with Crippen molar-refractivity contribution in [3.63, 3.8) is 0 Å². The second-order valence-electron chi connectivity index (χ2n) is 11.8. The topological polar surface area (TPSA) is 142 Å². The number of amides is 2. The van der Waals surface area contributed by atoms with Crippen molar-refractivity contribution in [1.29, 1.82) is 0 Å². The van der Waals surface area contributed by atoms with Crippen LogP contribution in [0.15, 0.2) is 36.9 Å². The number of nitrogens with one attached hydrogen (secondary N) is 2. The number of benzene rings is 1. The van der Waals surface area contributed by atoms with Crippen LogP contribution in [0.5, 0.6) is 0 Å². The number of nitrogen functional groups attached to an aromatic ring is 1. The number of nitrogens with zero attached hydrogens (tertiary/aromatic N) is 5. The molecule has 12 nitrogen and oxygen atoms in total. The number of hydrogen-bond donors (Lipinski definition) is 3. The van der Waals surface area contributed by atoms with Crippen molar-refractivity contribution in [1.82, 2.24) is 29.7 Å². The summed E-state index contributed by atoms with van der Waals surface area (Å²) < 4.78 is 20.9. The van der Waals surface area contributed by atoms with Crippen molar-refractivity contribution in [2.24, 2.45) is 0 Å². The number of nitrogens with two attached hydrogens (primary N) is 1. The van der Waals surface area contributed by atoms with Gasteiger partial charge in [-0.25, -0.2) is 19.7 Å². The maximum absolute atomic E-state index is 12.5. The van der Waals surface area contributed by atoms with Crippen LogP contribution in [0.25, 0.3) is 11.2 Å². The number of hydrogen-bond acceptors (Lipinski definition) is 9. The molecule has 4 atom stereocenters. The Labute approximate surface area is 234 Å². The average Bonchev–Trinajstić information content (AvgIpc) is 3.55. The molecule has 0 saturated carbocycles. The highest BCUT2D eigenvalue weighted by Gasteiger charge is 2.56. The van der Waals surface area contributed by atoms with Gasteiger partial charge in [0, 0.05) is 25.3 Å². The summed E-state index contributed by atoms with van der Waals surface area (Å²) in [6.07, 6.45) is 1.70. The Balaban J connectivity index is 1.19. The SMILES string of the molecule is CCN(CCNC(=O)Nc1ccc(C(C)(C)C)cc1)C[C@H]1OC(n2cnc3c(N)ncnc32)[C@@H]2OC(C)(C)O[C@H]12. The highest BCUT2D eigenvalue weighted by Crippen LogP contribution is 2.44. The zero-order valence-corrected chi connectivity index (χ0v) is 24.0. The Morgan fingerprint density at radius 1 is 1.12 bits per heavy atom. The average molecular weight is 553 g/mol. The number of rotatable bonds is 8. The largest absolute Gasteiger partial charge is 0.382 e. The smallest absolute Gasteiger partial charge is 0.319 e. The van der Waals surface area contributed by atoms with Crippen LogP contribution >= 0.6 is 0 Å². The van der Waals surface area contributed by atoms with E-state index in [4.69, 9.17) is 19.9 Å². The van der Waals surface area contributed by atoms with Crippen molar-refractivity contribution >= 4 is 28.7 Å². The van der Waals surface area contributed by atoms with Gasteiger partial charge >= 0.3 is 6.03 Å². The van der Waals surface area contributed by atoms with Gasteiger partial charge in [-0.3, -0.25) is 9.47 Å². The Bertz CT molecular complexity index is 1340. The third kappa shape index (κ3) is 5.90. The molecule has 12 heteroatoms. The van der Waals surface area contributed by atoms with Gasteiger partial charge in [0.2, 0.25) is 0 Å². The molecular weight excluding hydrogens is 512 g/mol. The summed E-state index contributed by atoms with van der Waals surface area (Å²) in [5.74, 6) is -0.434. The molecule has 2 amide bonds. The second kappa shape index (κ2) is 10.9. The van der Waals surface area contributed by atoms with Gasteiger partial charge in [0.15, 0.2) is 23.5 Å². The second-order valence-corrected chi connectivity index (χ2v) is 11.8. The van der Waals surface area contributed by atoms with Gasteiger partial charge in [-0.15, -0.1) is 0 Å². The molecule has 2 aliphatic rings. The minimum Gasteiger partial charge on any atom is -0.382 e. The fraction of sp³-hybridized carbons (Fsp3) is 0.571. The monoisotopic (exact) mass is 552 g/mol. The van der Waals surface area contributed by atoms with E-state index in [2.05, 4.69) is 58.2 Å². The predicted molar refractivity (Wildman–Crippen MR) is 152 cm³/mol. The highest BCUT2D eigenvalue weighted by molar-refractivity contribution is 5.89. The Hall–Kier alpha value is -3.32. The van der Waals surface area contributed by atoms with Gasteiger partial charge in [0.05, 0.1) is 6.33 Å². The van der Waals surface area contributed by atoms with Crippen molar-refractivity contribution in [2.75, 3.05) is 37.2 Å². The Morgan fingerprint density at radius 2 is 1.85 bits per heavy atom. The fourth-order valence-corrected chi connectivity index (χ4v) is 5.28. The standard InChI is InChI=1S/C28H40N8O4/c1-7-35(13-12-30-26(37)34-18-10-8-17(9-11-18)27(2,3)4)14-19-21-22(40-28(5,6)39-21)25(38-19)36-16-33-20-23(29)31-15-32-24(20)36/h8-11,15-16,19,21-22,25H,7,12-14H2,1-6H3,(H2,29,31,32)(H2,30,34,37)/t19-,21-,22-,25?/m1/s1. The van der Waals surface area contributed by atoms with Crippen LogP contribution in [0.2, 0.25) is 0 Å². The van der Waals surface area contributed by atoms with E-state index >= 15 is 0 Å². The molecule has 2 saturated heterocycles. The van der Waals surface area contributed by atoms with Crippen molar-refractivity contribution in [3.05, 3.63) is 42.5 Å². The molecule has 2 fully saturated rings.